The molecular formula is C13H27. The Kier molecular flexibility index (Phi) is 5.67. The largest absolute Gasteiger partial charge is 0.0651 e. The van der Waals surface area contributed by atoms with Crippen molar-refractivity contribution < 1.29 is 0 Å². The van der Waals surface area contributed by atoms with E-state index in [0.29, 0.717) is 5.41 Å². The molecule has 0 N–H and O–H groups in total. The van der Waals surface area contributed by atoms with Crippen LogP contribution in [0.25, 0.3) is 0 Å². The van der Waals surface area contributed by atoms with Crippen LogP contribution in [0.3, 0.4) is 0 Å². The fraction of sp³-hybridized carbons (Fsp3) is 0.923. The molecule has 0 rings (SSSR count). The SMILES string of the molecule is CCC([C](C)C)C(CC)(CC)CC. The summed E-state index contributed by atoms with van der Waals surface area (Å²) in [5.74, 6) is 2.44. The monoisotopic (exact) mass is 183 g/mol. The Balaban J connectivity index is 4.65. The van der Waals surface area contributed by atoms with Crippen molar-refractivity contribution in [2.45, 2.75) is 67.2 Å². The lowest BCUT2D eigenvalue weighted by Gasteiger charge is -2.41. The highest BCUT2D eigenvalue weighted by atomic mass is 14.4. The molecule has 0 aromatic rings. The molecule has 0 fully saturated rings. The van der Waals surface area contributed by atoms with E-state index in [9.17, 15) is 0 Å². The van der Waals surface area contributed by atoms with Crippen LogP contribution in [0.5, 0.6) is 0 Å². The Bertz CT molecular complexity index is 112. The van der Waals surface area contributed by atoms with Gasteiger partial charge in [-0.05, 0) is 17.3 Å². The van der Waals surface area contributed by atoms with Gasteiger partial charge in [0.05, 0.1) is 0 Å². The molecule has 0 aliphatic rings. The van der Waals surface area contributed by atoms with Crippen LogP contribution in [-0.4, -0.2) is 0 Å². The third-order valence-corrected chi connectivity index (χ3v) is 3.96. The third kappa shape index (κ3) is 2.72. The topological polar surface area (TPSA) is 0 Å². The van der Waals surface area contributed by atoms with Crippen LogP contribution in [0.4, 0.5) is 0 Å². The normalized spacial score (nSPS) is 15.0. The molecule has 1 unspecified atom stereocenters. The Labute approximate surface area is 85.1 Å². The molecule has 0 nitrogen and oxygen atoms in total. The van der Waals surface area contributed by atoms with Crippen molar-refractivity contribution in [3.63, 3.8) is 0 Å². The summed E-state index contributed by atoms with van der Waals surface area (Å²) in [5.41, 5.74) is 0.577. The van der Waals surface area contributed by atoms with Crippen molar-refractivity contribution >= 4 is 0 Å². The van der Waals surface area contributed by atoms with Crippen molar-refractivity contribution in [1.82, 2.24) is 0 Å². The van der Waals surface area contributed by atoms with Gasteiger partial charge in [-0.3, -0.25) is 0 Å². The lowest BCUT2D eigenvalue weighted by molar-refractivity contribution is 0.140. The molecule has 0 heteroatoms. The molecule has 0 aromatic heterocycles. The van der Waals surface area contributed by atoms with E-state index in [1.54, 1.807) is 5.92 Å². The minimum Gasteiger partial charge on any atom is -0.0651 e. The molecule has 0 heterocycles. The minimum atomic E-state index is 0.577. The van der Waals surface area contributed by atoms with E-state index in [2.05, 4.69) is 41.5 Å². The van der Waals surface area contributed by atoms with Crippen LogP contribution >= 0.6 is 0 Å². The molecule has 0 aromatic carbocycles. The maximum Gasteiger partial charge on any atom is -0.0267 e. The van der Waals surface area contributed by atoms with E-state index < -0.39 is 0 Å². The smallest absolute Gasteiger partial charge is 0.0267 e. The summed E-state index contributed by atoms with van der Waals surface area (Å²) in [6.07, 6.45) is 5.27. The van der Waals surface area contributed by atoms with Crippen molar-refractivity contribution in [2.75, 3.05) is 0 Å². The Morgan fingerprint density at radius 1 is 0.923 bits per heavy atom. The number of rotatable bonds is 6. The molecule has 1 radical (unpaired) electrons. The molecule has 0 aliphatic carbocycles. The molecule has 0 amide bonds. The molecule has 1 atom stereocenters. The lowest BCUT2D eigenvalue weighted by atomic mass is 9.64. The standard InChI is InChI=1S/C13H27/c1-7-12(11(5)6)13(8-2,9-3)10-4/h12H,7-10H2,1-6H3. The Morgan fingerprint density at radius 2 is 1.31 bits per heavy atom. The number of hydrogen-bond donors (Lipinski definition) is 0. The van der Waals surface area contributed by atoms with Crippen LogP contribution in [0.2, 0.25) is 0 Å². The van der Waals surface area contributed by atoms with Crippen molar-refractivity contribution in [1.29, 1.82) is 0 Å². The van der Waals surface area contributed by atoms with E-state index in [0.717, 1.165) is 5.92 Å². The van der Waals surface area contributed by atoms with Gasteiger partial charge in [0.2, 0.25) is 0 Å². The zero-order valence-corrected chi connectivity index (χ0v) is 10.4. The molecule has 0 saturated heterocycles. The summed E-state index contributed by atoms with van der Waals surface area (Å²) in [6.45, 7) is 14.0. The first kappa shape index (κ1) is 13.0. The van der Waals surface area contributed by atoms with Gasteiger partial charge >= 0.3 is 0 Å². The fourth-order valence-electron chi connectivity index (χ4n) is 2.94. The second kappa shape index (κ2) is 5.67. The minimum absolute atomic E-state index is 0.577. The maximum atomic E-state index is 2.35. The van der Waals surface area contributed by atoms with Crippen LogP contribution < -0.4 is 0 Å². The van der Waals surface area contributed by atoms with Gasteiger partial charge in [-0.15, -0.1) is 0 Å². The first-order chi connectivity index (χ1) is 6.07. The van der Waals surface area contributed by atoms with Gasteiger partial charge in [0, 0.05) is 0 Å². The van der Waals surface area contributed by atoms with E-state index >= 15 is 0 Å². The van der Waals surface area contributed by atoms with Gasteiger partial charge in [0.1, 0.15) is 0 Å². The van der Waals surface area contributed by atoms with Crippen LogP contribution in [0.1, 0.15) is 67.2 Å². The number of hydrogen-bond acceptors (Lipinski definition) is 0. The van der Waals surface area contributed by atoms with Crippen molar-refractivity contribution in [2.24, 2.45) is 11.3 Å². The van der Waals surface area contributed by atoms with Gasteiger partial charge in [-0.1, -0.05) is 67.2 Å². The fourth-order valence-corrected chi connectivity index (χ4v) is 2.94. The molecule has 79 valence electrons. The molecule has 0 bridgehead atoms. The summed E-state index contributed by atoms with van der Waals surface area (Å²) >= 11 is 0. The average Bonchev–Trinajstić information content (AvgIpc) is 2.13. The van der Waals surface area contributed by atoms with Gasteiger partial charge in [-0.2, -0.15) is 0 Å². The van der Waals surface area contributed by atoms with Gasteiger partial charge in [0.15, 0.2) is 0 Å². The highest BCUT2D eigenvalue weighted by Gasteiger charge is 2.34. The van der Waals surface area contributed by atoms with Crippen LogP contribution in [-0.2, 0) is 0 Å². The molecule has 13 heavy (non-hydrogen) atoms. The van der Waals surface area contributed by atoms with E-state index in [1.165, 1.54) is 25.7 Å². The summed E-state index contributed by atoms with van der Waals surface area (Å²) in [4.78, 5) is 0. The van der Waals surface area contributed by atoms with Gasteiger partial charge < -0.3 is 0 Å². The van der Waals surface area contributed by atoms with Crippen molar-refractivity contribution in [3.8, 4) is 0 Å². The second-order valence-corrected chi connectivity index (χ2v) is 4.46. The zero-order valence-electron chi connectivity index (χ0n) is 10.4. The highest BCUT2D eigenvalue weighted by Crippen LogP contribution is 2.44. The third-order valence-electron chi connectivity index (χ3n) is 3.96. The lowest BCUT2D eigenvalue weighted by Crippen LogP contribution is -2.31. The summed E-state index contributed by atoms with van der Waals surface area (Å²) in [7, 11) is 0. The maximum absolute atomic E-state index is 2.35. The molecule has 0 spiro atoms. The Hall–Kier alpha value is 0. The predicted octanol–water partition coefficient (Wildman–Crippen LogP) is 4.84. The highest BCUT2D eigenvalue weighted by molar-refractivity contribution is 4.97. The zero-order chi connectivity index (χ0) is 10.5. The van der Waals surface area contributed by atoms with Crippen LogP contribution in [0, 0.1) is 17.3 Å². The summed E-state index contributed by atoms with van der Waals surface area (Å²) in [6, 6.07) is 0. The van der Waals surface area contributed by atoms with Gasteiger partial charge in [-0.25, -0.2) is 0 Å². The van der Waals surface area contributed by atoms with E-state index in [1.807, 2.05) is 0 Å². The van der Waals surface area contributed by atoms with E-state index in [4.69, 9.17) is 0 Å². The van der Waals surface area contributed by atoms with Crippen molar-refractivity contribution in [3.05, 3.63) is 5.92 Å². The first-order valence-electron chi connectivity index (χ1n) is 5.87. The molecule has 0 aliphatic heterocycles. The van der Waals surface area contributed by atoms with Gasteiger partial charge in [0.25, 0.3) is 0 Å². The quantitative estimate of drug-likeness (QED) is 0.552. The first-order valence-corrected chi connectivity index (χ1v) is 5.87. The van der Waals surface area contributed by atoms with E-state index in [-0.39, 0.29) is 0 Å². The summed E-state index contributed by atoms with van der Waals surface area (Å²) < 4.78 is 0. The average molecular weight is 183 g/mol. The molecule has 0 saturated carbocycles. The second-order valence-electron chi connectivity index (χ2n) is 4.46. The predicted molar refractivity (Wildman–Crippen MR) is 61.7 cm³/mol. The Morgan fingerprint density at radius 3 is 1.38 bits per heavy atom. The van der Waals surface area contributed by atoms with Crippen LogP contribution in [0.15, 0.2) is 0 Å². The summed E-state index contributed by atoms with van der Waals surface area (Å²) in [5, 5.41) is 0. The molecular weight excluding hydrogens is 156 g/mol.